The van der Waals surface area contributed by atoms with Crippen molar-refractivity contribution < 1.29 is 3.50 Å². The zero-order valence-electron chi connectivity index (χ0n) is 30.2. The molecular weight excluding hydrogens is 614 g/mol. The van der Waals surface area contributed by atoms with Crippen LogP contribution >= 0.6 is 19.8 Å². The predicted molar refractivity (Wildman–Crippen MR) is 195 cm³/mol. The van der Waals surface area contributed by atoms with Crippen LogP contribution in [0.2, 0.25) is 4.25 Å². The monoisotopic (exact) mass is 676 g/mol. The summed E-state index contributed by atoms with van der Waals surface area (Å²) >= 11 is 2.93. The summed E-state index contributed by atoms with van der Waals surface area (Å²) in [7, 11) is 0.828. The molecule has 2 aromatic carbocycles. The van der Waals surface area contributed by atoms with E-state index in [0.29, 0.717) is 9.50 Å². The molecular formula is C38H61ClFGeP. The molecule has 0 heterocycles. The second-order valence-corrected chi connectivity index (χ2v) is 28.8. The van der Waals surface area contributed by atoms with E-state index in [1.165, 1.54) is 27.6 Å². The van der Waals surface area contributed by atoms with Gasteiger partial charge < -0.3 is 0 Å². The topological polar surface area (TPSA) is 0 Å². The Morgan fingerprint density at radius 1 is 0.643 bits per heavy atom. The van der Waals surface area contributed by atoms with Crippen molar-refractivity contribution in [1.82, 2.24) is 0 Å². The van der Waals surface area contributed by atoms with Gasteiger partial charge in [-0.2, -0.15) is 0 Å². The molecule has 0 nitrogen and oxygen atoms in total. The second-order valence-electron chi connectivity index (χ2n) is 17.5. The summed E-state index contributed by atoms with van der Waals surface area (Å²) in [5.41, 5.74) is 7.28. The van der Waals surface area contributed by atoms with Gasteiger partial charge in [0.05, 0.1) is 0 Å². The Morgan fingerprint density at radius 3 is 1.29 bits per heavy atom. The fraction of sp³-hybridized carbons (Fsp3) is 0.658. The van der Waals surface area contributed by atoms with E-state index < -0.39 is 18.0 Å². The first-order chi connectivity index (χ1) is 18.7. The molecule has 0 unspecified atom stereocenters. The van der Waals surface area contributed by atoms with Gasteiger partial charge in [-0.15, -0.1) is 0 Å². The van der Waals surface area contributed by atoms with Crippen LogP contribution in [0.25, 0.3) is 0 Å². The van der Waals surface area contributed by atoms with Crippen molar-refractivity contribution in [2.45, 2.75) is 163 Å². The van der Waals surface area contributed by atoms with Gasteiger partial charge in [-0.1, -0.05) is 0 Å². The van der Waals surface area contributed by atoms with Crippen LogP contribution in [0.3, 0.4) is 0 Å². The number of hydrogen-bond acceptors (Lipinski definition) is 0. The molecule has 0 saturated carbocycles. The van der Waals surface area contributed by atoms with Crippen molar-refractivity contribution >= 4 is 46.8 Å². The van der Waals surface area contributed by atoms with E-state index in [1.807, 2.05) is 0 Å². The van der Waals surface area contributed by atoms with E-state index in [4.69, 9.17) is 11.6 Å². The SMILES string of the molecule is CC(C)c1cc(C(C)C)[c]([Ge@]([F])([C](Cl)=Pc2c(C(C)(C)C)cc(C(C)(C)C)cc2C(C)(C)C)[C](C)(C)C)c(C(C)C)c1. The summed E-state index contributed by atoms with van der Waals surface area (Å²) in [5, 5.41) is 1.20. The molecule has 4 heteroatoms. The van der Waals surface area contributed by atoms with Crippen molar-refractivity contribution in [2.75, 3.05) is 0 Å². The Morgan fingerprint density at radius 2 is 1.02 bits per heavy atom. The summed E-state index contributed by atoms with van der Waals surface area (Å²) in [6, 6.07) is 9.34. The molecule has 1 atom stereocenters. The number of hydrogen-bond donors (Lipinski definition) is 0. The first-order valence-electron chi connectivity index (χ1n) is 16.0. The van der Waals surface area contributed by atoms with E-state index in [1.54, 1.807) is 0 Å². The molecule has 236 valence electrons. The third kappa shape index (κ3) is 7.77. The fourth-order valence-electron chi connectivity index (χ4n) is 5.65. The van der Waals surface area contributed by atoms with Gasteiger partial charge in [0.2, 0.25) is 0 Å². The molecule has 2 rings (SSSR count). The van der Waals surface area contributed by atoms with E-state index in [2.05, 4.69) is 149 Å². The molecule has 0 amide bonds. The number of benzene rings is 2. The third-order valence-electron chi connectivity index (χ3n) is 8.60. The summed E-state index contributed by atoms with van der Waals surface area (Å²) in [4.78, 5) is 0. The van der Waals surface area contributed by atoms with Gasteiger partial charge >= 0.3 is 271 Å². The molecule has 0 aromatic heterocycles. The Balaban J connectivity index is 3.22. The van der Waals surface area contributed by atoms with Crippen LogP contribution < -0.4 is 9.70 Å². The van der Waals surface area contributed by atoms with Crippen molar-refractivity contribution in [2.24, 2.45) is 0 Å². The molecule has 0 fully saturated rings. The van der Waals surface area contributed by atoms with Crippen LogP contribution in [0.5, 0.6) is 0 Å². The Hall–Kier alpha value is -0.627. The second kappa shape index (κ2) is 12.6. The quantitative estimate of drug-likeness (QED) is 0.211. The summed E-state index contributed by atoms with van der Waals surface area (Å²) in [5.74, 6) is 0.802. The van der Waals surface area contributed by atoms with Gasteiger partial charge in [-0.25, -0.2) is 0 Å². The van der Waals surface area contributed by atoms with Crippen LogP contribution in [0.4, 0.5) is 3.50 Å². The molecule has 0 saturated heterocycles. The zero-order chi connectivity index (χ0) is 33.0. The minimum atomic E-state index is -4.66. The van der Waals surface area contributed by atoms with Gasteiger partial charge in [-0.3, -0.25) is 0 Å². The molecule has 0 aliphatic rings. The Kier molecular flexibility index (Phi) is 11.3. The Bertz CT molecular complexity index is 1240. The molecule has 0 bridgehead atoms. The molecule has 0 spiro atoms. The molecule has 0 aliphatic carbocycles. The molecule has 0 aliphatic heterocycles. The summed E-state index contributed by atoms with van der Waals surface area (Å²) < 4.78 is 19.8. The van der Waals surface area contributed by atoms with E-state index >= 15 is 3.50 Å². The molecule has 42 heavy (non-hydrogen) atoms. The van der Waals surface area contributed by atoms with Crippen LogP contribution in [-0.4, -0.2) is 17.3 Å². The zero-order valence-corrected chi connectivity index (χ0v) is 34.0. The first kappa shape index (κ1) is 37.6. The summed E-state index contributed by atoms with van der Waals surface area (Å²) in [6.07, 6.45) is 0. The van der Waals surface area contributed by atoms with E-state index in [-0.39, 0.29) is 28.1 Å². The van der Waals surface area contributed by atoms with Crippen molar-refractivity contribution in [1.29, 1.82) is 0 Å². The van der Waals surface area contributed by atoms with Crippen LogP contribution in [0, 0.1) is 0 Å². The van der Waals surface area contributed by atoms with Gasteiger partial charge in [0, 0.05) is 0 Å². The van der Waals surface area contributed by atoms with Crippen LogP contribution in [0.15, 0.2) is 24.3 Å². The van der Waals surface area contributed by atoms with Crippen LogP contribution in [0.1, 0.15) is 176 Å². The Labute approximate surface area is 269 Å². The molecule has 0 N–H and O–H groups in total. The molecule has 0 radical (unpaired) electrons. The first-order valence-corrected chi connectivity index (χ1v) is 21.2. The van der Waals surface area contributed by atoms with Gasteiger partial charge in [-0.05, 0) is 0 Å². The maximum absolute atomic E-state index is 18.8. The minimum absolute atomic E-state index is 0.00644. The van der Waals surface area contributed by atoms with Gasteiger partial charge in [0.25, 0.3) is 0 Å². The fourth-order valence-corrected chi connectivity index (χ4v) is 19.7. The van der Waals surface area contributed by atoms with Gasteiger partial charge in [0.15, 0.2) is 0 Å². The van der Waals surface area contributed by atoms with Gasteiger partial charge in [0.1, 0.15) is 0 Å². The third-order valence-corrected chi connectivity index (χ3v) is 21.6. The van der Waals surface area contributed by atoms with E-state index in [0.717, 1.165) is 23.7 Å². The number of halogens is 2. The average molecular weight is 676 g/mol. The standard InChI is InChI=1S/C38H61ClFGeP/c1-23(2)26-19-28(24(3)4)32(29(20-26)25(5)6)41(40,38(16,17)18)34(39)42-33-30(36(10,11)12)21-27(35(7,8)9)22-31(33)37(13,14)15/h19-25H,1-18H3/t41-/m0/s1. The normalized spacial score (nSPS) is 15.6. The van der Waals surface area contributed by atoms with Crippen molar-refractivity contribution in [3.8, 4) is 0 Å². The molecule has 2 aromatic rings. The maximum atomic E-state index is 18.8. The predicted octanol–water partition coefficient (Wildman–Crippen LogP) is 12.1. The van der Waals surface area contributed by atoms with Crippen molar-refractivity contribution in [3.63, 3.8) is 0 Å². The summed E-state index contributed by atoms with van der Waals surface area (Å²) in [6.45, 7) is 40.1. The van der Waals surface area contributed by atoms with Crippen molar-refractivity contribution in [3.05, 3.63) is 57.6 Å². The average Bonchev–Trinajstić information content (AvgIpc) is 2.79. The van der Waals surface area contributed by atoms with E-state index in [9.17, 15) is 0 Å². The van der Waals surface area contributed by atoms with Crippen LogP contribution in [-0.2, 0) is 16.2 Å². The number of rotatable bonds is 6.